The Labute approximate surface area is 99.3 Å². The van der Waals surface area contributed by atoms with E-state index in [1.807, 2.05) is 25.1 Å². The van der Waals surface area contributed by atoms with E-state index in [2.05, 4.69) is 4.98 Å². The summed E-state index contributed by atoms with van der Waals surface area (Å²) in [5, 5.41) is 8.92. The lowest BCUT2D eigenvalue weighted by Crippen LogP contribution is -1.95. The van der Waals surface area contributed by atoms with Gasteiger partial charge >= 0.3 is 0 Å². The first-order valence-corrected chi connectivity index (χ1v) is 5.10. The van der Waals surface area contributed by atoms with Crippen LogP contribution in [0.5, 0.6) is 11.6 Å². The molecule has 0 saturated heterocycles. The van der Waals surface area contributed by atoms with Gasteiger partial charge in [0, 0.05) is 6.20 Å². The number of ether oxygens (including phenoxy) is 1. The summed E-state index contributed by atoms with van der Waals surface area (Å²) in [7, 11) is 0. The minimum atomic E-state index is 0.271. The molecule has 0 bridgehead atoms. The third-order valence-electron chi connectivity index (χ3n) is 2.27. The molecular weight excluding hydrogens is 214 g/mol. The molecule has 0 aliphatic heterocycles. The average Bonchev–Trinajstić information content (AvgIpc) is 2.34. The van der Waals surface area contributed by atoms with Crippen molar-refractivity contribution in [3.63, 3.8) is 0 Å². The minimum Gasteiger partial charge on any atom is -0.436 e. The van der Waals surface area contributed by atoms with Crippen LogP contribution in [0.2, 0.25) is 0 Å². The van der Waals surface area contributed by atoms with Crippen molar-refractivity contribution < 1.29 is 4.74 Å². The second-order valence-corrected chi connectivity index (χ2v) is 3.61. The van der Waals surface area contributed by atoms with E-state index in [0.29, 0.717) is 17.0 Å². The van der Waals surface area contributed by atoms with Gasteiger partial charge in [-0.05, 0) is 36.8 Å². The van der Waals surface area contributed by atoms with E-state index in [-0.39, 0.29) is 5.88 Å². The molecule has 0 spiro atoms. The zero-order chi connectivity index (χ0) is 12.3. The fourth-order valence-electron chi connectivity index (χ4n) is 1.39. The van der Waals surface area contributed by atoms with Crippen LogP contribution in [-0.4, -0.2) is 4.98 Å². The molecular formula is C13H11N3O. The Morgan fingerprint density at radius 1 is 1.35 bits per heavy atom. The van der Waals surface area contributed by atoms with Crippen LogP contribution < -0.4 is 10.5 Å². The lowest BCUT2D eigenvalue weighted by Gasteiger charge is -2.09. The number of nitrogens with two attached hydrogens (primary N) is 1. The quantitative estimate of drug-likeness (QED) is 0.797. The molecule has 2 aromatic rings. The van der Waals surface area contributed by atoms with Gasteiger partial charge in [0.25, 0.3) is 0 Å². The first-order valence-electron chi connectivity index (χ1n) is 5.10. The zero-order valence-electron chi connectivity index (χ0n) is 9.34. The molecule has 0 atom stereocenters. The molecule has 0 radical (unpaired) electrons. The largest absolute Gasteiger partial charge is 0.436 e. The van der Waals surface area contributed by atoms with E-state index in [0.717, 1.165) is 5.56 Å². The molecule has 0 saturated carbocycles. The molecule has 0 aliphatic rings. The van der Waals surface area contributed by atoms with Crippen LogP contribution in [-0.2, 0) is 0 Å². The molecule has 17 heavy (non-hydrogen) atoms. The molecule has 4 nitrogen and oxygen atoms in total. The average molecular weight is 225 g/mol. The third-order valence-corrected chi connectivity index (χ3v) is 2.27. The Morgan fingerprint density at radius 3 is 2.94 bits per heavy atom. The van der Waals surface area contributed by atoms with E-state index in [1.54, 1.807) is 24.4 Å². The number of hydrogen-bond donors (Lipinski definition) is 1. The standard InChI is InChI=1S/C13H11N3O/c1-9-4-5-11(15)12(7-9)17-13-10(8-14)3-2-6-16-13/h2-7H,15H2,1H3. The number of aromatic nitrogens is 1. The summed E-state index contributed by atoms with van der Waals surface area (Å²) < 4.78 is 5.55. The van der Waals surface area contributed by atoms with E-state index < -0.39 is 0 Å². The molecule has 0 amide bonds. The normalized spacial score (nSPS) is 9.65. The van der Waals surface area contributed by atoms with Crippen LogP contribution in [0, 0.1) is 18.3 Å². The minimum absolute atomic E-state index is 0.271. The molecule has 84 valence electrons. The van der Waals surface area contributed by atoms with Gasteiger partial charge in [-0.1, -0.05) is 6.07 Å². The van der Waals surface area contributed by atoms with Gasteiger partial charge < -0.3 is 10.5 Å². The van der Waals surface area contributed by atoms with Gasteiger partial charge in [0.2, 0.25) is 5.88 Å². The molecule has 0 unspecified atom stereocenters. The summed E-state index contributed by atoms with van der Waals surface area (Å²) in [4.78, 5) is 4.02. The Hall–Kier alpha value is -2.54. The maximum atomic E-state index is 8.92. The van der Waals surface area contributed by atoms with E-state index >= 15 is 0 Å². The lowest BCUT2D eigenvalue weighted by atomic mass is 10.2. The lowest BCUT2D eigenvalue weighted by molar-refractivity contribution is 0.463. The van der Waals surface area contributed by atoms with Gasteiger partial charge in [-0.25, -0.2) is 4.98 Å². The van der Waals surface area contributed by atoms with Crippen LogP contribution in [0.15, 0.2) is 36.5 Å². The highest BCUT2D eigenvalue weighted by molar-refractivity contribution is 5.55. The van der Waals surface area contributed by atoms with Crippen LogP contribution in [0.3, 0.4) is 0 Å². The van der Waals surface area contributed by atoms with Crippen molar-refractivity contribution in [2.24, 2.45) is 0 Å². The number of nitrogen functional groups attached to an aromatic ring is 1. The summed E-state index contributed by atoms with van der Waals surface area (Å²) >= 11 is 0. The van der Waals surface area contributed by atoms with Crippen molar-refractivity contribution in [3.8, 4) is 17.7 Å². The van der Waals surface area contributed by atoms with E-state index in [1.165, 1.54) is 0 Å². The molecule has 4 heteroatoms. The van der Waals surface area contributed by atoms with Crippen molar-refractivity contribution in [2.45, 2.75) is 6.92 Å². The molecule has 2 N–H and O–H groups in total. The van der Waals surface area contributed by atoms with Crippen LogP contribution in [0.1, 0.15) is 11.1 Å². The van der Waals surface area contributed by atoms with Gasteiger partial charge in [-0.3, -0.25) is 0 Å². The maximum Gasteiger partial charge on any atom is 0.237 e. The number of nitriles is 1. The summed E-state index contributed by atoms with van der Waals surface area (Å²) in [6.07, 6.45) is 1.57. The first-order chi connectivity index (χ1) is 8.20. The number of pyridine rings is 1. The van der Waals surface area contributed by atoms with Crippen molar-refractivity contribution >= 4 is 5.69 Å². The monoisotopic (exact) mass is 225 g/mol. The zero-order valence-corrected chi connectivity index (χ0v) is 9.34. The van der Waals surface area contributed by atoms with Crippen molar-refractivity contribution in [2.75, 3.05) is 5.73 Å². The molecule has 1 aromatic carbocycles. The molecule has 2 rings (SSSR count). The Kier molecular flexibility index (Phi) is 2.93. The second-order valence-electron chi connectivity index (χ2n) is 3.61. The Bertz CT molecular complexity index is 587. The predicted molar refractivity (Wildman–Crippen MR) is 64.6 cm³/mol. The SMILES string of the molecule is Cc1ccc(N)c(Oc2ncccc2C#N)c1. The van der Waals surface area contributed by atoms with E-state index in [9.17, 15) is 0 Å². The fraction of sp³-hybridized carbons (Fsp3) is 0.0769. The number of rotatable bonds is 2. The summed E-state index contributed by atoms with van der Waals surface area (Å²) in [5.74, 6) is 0.785. The van der Waals surface area contributed by atoms with Crippen molar-refractivity contribution in [1.82, 2.24) is 4.98 Å². The number of hydrogen-bond acceptors (Lipinski definition) is 4. The Balaban J connectivity index is 2.38. The highest BCUT2D eigenvalue weighted by atomic mass is 16.5. The van der Waals surface area contributed by atoms with Gasteiger partial charge in [-0.15, -0.1) is 0 Å². The predicted octanol–water partition coefficient (Wildman–Crippen LogP) is 2.64. The third kappa shape index (κ3) is 2.34. The molecule has 1 aromatic heterocycles. The highest BCUT2D eigenvalue weighted by Crippen LogP contribution is 2.28. The summed E-state index contributed by atoms with van der Waals surface area (Å²) in [6.45, 7) is 1.94. The molecule has 0 aliphatic carbocycles. The Morgan fingerprint density at radius 2 is 2.18 bits per heavy atom. The fourth-order valence-corrected chi connectivity index (χ4v) is 1.39. The number of benzene rings is 1. The topological polar surface area (TPSA) is 71.9 Å². The van der Waals surface area contributed by atoms with Crippen LogP contribution >= 0.6 is 0 Å². The maximum absolute atomic E-state index is 8.92. The molecule has 0 fully saturated rings. The summed E-state index contributed by atoms with van der Waals surface area (Å²) in [5.41, 5.74) is 7.73. The number of aryl methyl sites for hydroxylation is 1. The number of nitrogens with zero attached hydrogens (tertiary/aromatic N) is 2. The van der Waals surface area contributed by atoms with Crippen LogP contribution in [0.25, 0.3) is 0 Å². The first kappa shape index (κ1) is 11.0. The highest BCUT2D eigenvalue weighted by Gasteiger charge is 2.07. The van der Waals surface area contributed by atoms with Gasteiger partial charge in [0.1, 0.15) is 11.6 Å². The van der Waals surface area contributed by atoms with Crippen molar-refractivity contribution in [1.29, 1.82) is 5.26 Å². The van der Waals surface area contributed by atoms with Gasteiger partial charge in [-0.2, -0.15) is 5.26 Å². The smallest absolute Gasteiger partial charge is 0.237 e. The molecule has 1 heterocycles. The number of anilines is 1. The van der Waals surface area contributed by atoms with Crippen molar-refractivity contribution in [3.05, 3.63) is 47.7 Å². The summed E-state index contributed by atoms with van der Waals surface area (Å²) in [6, 6.07) is 10.8. The van der Waals surface area contributed by atoms with Gasteiger partial charge in [0.15, 0.2) is 5.75 Å². The van der Waals surface area contributed by atoms with E-state index in [4.69, 9.17) is 15.7 Å². The van der Waals surface area contributed by atoms with Gasteiger partial charge in [0.05, 0.1) is 5.69 Å². The van der Waals surface area contributed by atoms with Crippen LogP contribution in [0.4, 0.5) is 5.69 Å². The second kappa shape index (κ2) is 4.54.